The summed E-state index contributed by atoms with van der Waals surface area (Å²) < 4.78 is 24.7. The Morgan fingerprint density at radius 3 is 2.78 bits per heavy atom. The van der Waals surface area contributed by atoms with Gasteiger partial charge in [-0.15, -0.1) is 0 Å². The summed E-state index contributed by atoms with van der Waals surface area (Å²) in [6.07, 6.45) is 1.10. The first-order chi connectivity index (χ1) is 13.0. The third kappa shape index (κ3) is 3.13. The van der Waals surface area contributed by atoms with Crippen molar-refractivity contribution in [2.24, 2.45) is 0 Å². The van der Waals surface area contributed by atoms with Crippen LogP contribution in [0.1, 0.15) is 10.4 Å². The molecule has 0 spiro atoms. The summed E-state index contributed by atoms with van der Waals surface area (Å²) in [6, 6.07) is 0.875. The Bertz CT molecular complexity index is 1110. The largest absolute Gasteiger partial charge is 0.477 e. The molecule has 0 amide bonds. The van der Waals surface area contributed by atoms with E-state index in [2.05, 4.69) is 14.3 Å². The van der Waals surface area contributed by atoms with Crippen LogP contribution in [0.5, 0.6) is 0 Å². The molecule has 3 aromatic heterocycles. The average molecular weight is 412 g/mol. The number of hydrogen-bond donors (Lipinski definition) is 1. The normalized spacial score (nSPS) is 14.7. The number of hydrogen-bond acceptors (Lipinski definition) is 8. The number of pyridine rings is 2. The second-order valence-electron chi connectivity index (χ2n) is 5.66. The molecule has 4 rings (SSSR count). The number of nitrogens with zero attached hydrogens (tertiary/aromatic N) is 5. The fourth-order valence-electron chi connectivity index (χ4n) is 2.70. The maximum absolute atomic E-state index is 13.8. The summed E-state index contributed by atoms with van der Waals surface area (Å²) in [4.78, 5) is 34.0. The molecule has 0 saturated carbocycles. The molecule has 0 unspecified atom stereocenters. The van der Waals surface area contributed by atoms with Crippen LogP contribution in [0.4, 0.5) is 10.3 Å². The lowest BCUT2D eigenvalue weighted by Gasteiger charge is -2.25. The molecule has 3 aromatic rings. The fourth-order valence-corrected chi connectivity index (χ4v) is 3.50. The van der Waals surface area contributed by atoms with Crippen molar-refractivity contribution < 1.29 is 19.0 Å². The number of carboxylic acids is 1. The summed E-state index contributed by atoms with van der Waals surface area (Å²) in [7, 11) is 0. The first-order valence-electron chi connectivity index (χ1n) is 7.77. The Kier molecular flexibility index (Phi) is 4.50. The second kappa shape index (κ2) is 6.83. The van der Waals surface area contributed by atoms with Crippen LogP contribution in [0.2, 0.25) is 5.15 Å². The van der Waals surface area contributed by atoms with E-state index in [1.165, 1.54) is 4.57 Å². The summed E-state index contributed by atoms with van der Waals surface area (Å²) >= 11 is 6.75. The van der Waals surface area contributed by atoms with E-state index in [-0.39, 0.29) is 16.2 Å². The van der Waals surface area contributed by atoms with Gasteiger partial charge in [-0.25, -0.2) is 14.2 Å². The zero-order valence-electron chi connectivity index (χ0n) is 13.6. The molecule has 4 heterocycles. The number of aromatic carboxylic acids is 1. The van der Waals surface area contributed by atoms with Gasteiger partial charge in [0.15, 0.2) is 16.6 Å². The molecule has 140 valence electrons. The Hall–Kier alpha value is -2.63. The Morgan fingerprint density at radius 2 is 2.07 bits per heavy atom. The summed E-state index contributed by atoms with van der Waals surface area (Å²) in [5, 5.41) is 8.96. The van der Waals surface area contributed by atoms with E-state index in [0.717, 1.165) is 23.8 Å². The number of fused-ring (bicyclic) bond motifs is 1. The van der Waals surface area contributed by atoms with Gasteiger partial charge in [-0.2, -0.15) is 9.36 Å². The number of rotatable bonds is 3. The number of ether oxygens (including phenoxy) is 1. The maximum atomic E-state index is 13.8. The molecular formula is C15H11ClFN5O4S. The molecule has 1 saturated heterocycles. The van der Waals surface area contributed by atoms with Crippen molar-refractivity contribution in [3.63, 3.8) is 0 Å². The van der Waals surface area contributed by atoms with Gasteiger partial charge in [0.25, 0.3) is 0 Å². The van der Waals surface area contributed by atoms with Crippen LogP contribution < -0.4 is 10.3 Å². The lowest BCUT2D eigenvalue weighted by molar-refractivity contribution is 0.0695. The van der Waals surface area contributed by atoms with Gasteiger partial charge in [0.1, 0.15) is 5.56 Å². The van der Waals surface area contributed by atoms with Crippen molar-refractivity contribution >= 4 is 46.1 Å². The number of halogens is 2. The zero-order valence-corrected chi connectivity index (χ0v) is 15.1. The van der Waals surface area contributed by atoms with Gasteiger partial charge < -0.3 is 14.7 Å². The smallest absolute Gasteiger partial charge is 0.341 e. The minimum Gasteiger partial charge on any atom is -0.477 e. The van der Waals surface area contributed by atoms with Crippen molar-refractivity contribution in [2.45, 2.75) is 0 Å². The molecule has 1 fully saturated rings. The lowest BCUT2D eigenvalue weighted by Crippen LogP contribution is -2.36. The van der Waals surface area contributed by atoms with Crippen LogP contribution in [0.25, 0.3) is 16.2 Å². The van der Waals surface area contributed by atoms with E-state index in [1.54, 1.807) is 0 Å². The zero-order chi connectivity index (χ0) is 19.1. The van der Waals surface area contributed by atoms with E-state index in [1.807, 2.05) is 4.90 Å². The van der Waals surface area contributed by atoms with Crippen LogP contribution in [0, 0.1) is 5.82 Å². The van der Waals surface area contributed by atoms with Gasteiger partial charge in [0.2, 0.25) is 16.5 Å². The first kappa shape index (κ1) is 17.8. The van der Waals surface area contributed by atoms with Crippen molar-refractivity contribution in [1.82, 2.24) is 18.9 Å². The average Bonchev–Trinajstić information content (AvgIpc) is 3.14. The summed E-state index contributed by atoms with van der Waals surface area (Å²) in [5.74, 6) is -1.90. The van der Waals surface area contributed by atoms with Crippen LogP contribution >= 0.6 is 23.1 Å². The number of morpholine rings is 1. The van der Waals surface area contributed by atoms with E-state index < -0.39 is 27.9 Å². The predicted molar refractivity (Wildman–Crippen MR) is 95.8 cm³/mol. The molecule has 0 bridgehead atoms. The van der Waals surface area contributed by atoms with Crippen molar-refractivity contribution in [2.75, 3.05) is 31.2 Å². The minimum atomic E-state index is -1.44. The Labute approximate surface area is 159 Å². The monoisotopic (exact) mass is 411 g/mol. The standard InChI is InChI=1S/C15H11ClFN5O4S/c16-11-9(17)5-7-10(23)8(13(24)25)6-22(12(7)18-11)15-19-14(20-27-15)21-1-3-26-4-2-21/h5-6H,1-4H2,(H,24,25). The van der Waals surface area contributed by atoms with Gasteiger partial charge in [-0.05, 0) is 6.07 Å². The molecule has 9 nitrogen and oxygen atoms in total. The van der Waals surface area contributed by atoms with Gasteiger partial charge in [-0.1, -0.05) is 11.6 Å². The van der Waals surface area contributed by atoms with Crippen molar-refractivity contribution in [3.05, 3.63) is 39.0 Å². The fraction of sp³-hybridized carbons (Fsp3) is 0.267. The number of carboxylic acid groups (broad SMARTS) is 1. The molecule has 0 radical (unpaired) electrons. The number of anilines is 1. The van der Waals surface area contributed by atoms with Crippen LogP contribution in [0.3, 0.4) is 0 Å². The molecular weight excluding hydrogens is 401 g/mol. The second-order valence-corrected chi connectivity index (χ2v) is 6.74. The van der Waals surface area contributed by atoms with Crippen molar-refractivity contribution in [3.8, 4) is 5.13 Å². The molecule has 0 aliphatic carbocycles. The molecule has 0 atom stereocenters. The number of aromatic nitrogens is 4. The van der Waals surface area contributed by atoms with Crippen LogP contribution in [0.15, 0.2) is 17.1 Å². The van der Waals surface area contributed by atoms with E-state index >= 15 is 0 Å². The topological polar surface area (TPSA) is 110 Å². The van der Waals surface area contributed by atoms with E-state index in [9.17, 15) is 19.1 Å². The number of carbonyl (C=O) groups is 1. The van der Waals surface area contributed by atoms with E-state index in [0.29, 0.717) is 32.3 Å². The molecule has 1 aliphatic heterocycles. The third-order valence-corrected chi connectivity index (χ3v) is 4.99. The molecule has 1 aliphatic rings. The van der Waals surface area contributed by atoms with Gasteiger partial charge in [0.05, 0.1) is 18.6 Å². The van der Waals surface area contributed by atoms with Gasteiger partial charge in [0, 0.05) is 30.8 Å². The lowest BCUT2D eigenvalue weighted by atomic mass is 10.2. The van der Waals surface area contributed by atoms with Gasteiger partial charge in [-0.3, -0.25) is 9.36 Å². The molecule has 0 aromatic carbocycles. The first-order valence-corrected chi connectivity index (χ1v) is 8.92. The third-order valence-electron chi connectivity index (χ3n) is 4.02. The highest BCUT2D eigenvalue weighted by Crippen LogP contribution is 2.24. The highest BCUT2D eigenvalue weighted by Gasteiger charge is 2.21. The molecule has 27 heavy (non-hydrogen) atoms. The minimum absolute atomic E-state index is 0.000998. The summed E-state index contributed by atoms with van der Waals surface area (Å²) in [5.41, 5.74) is -1.38. The summed E-state index contributed by atoms with van der Waals surface area (Å²) in [6.45, 7) is 2.34. The highest BCUT2D eigenvalue weighted by molar-refractivity contribution is 7.08. The highest BCUT2D eigenvalue weighted by atomic mass is 35.5. The van der Waals surface area contributed by atoms with Crippen LogP contribution in [-0.2, 0) is 4.74 Å². The SMILES string of the molecule is O=C(O)c1cn(-c2nc(N3CCOCC3)ns2)c2nc(Cl)c(F)cc2c1=O. The van der Waals surface area contributed by atoms with Crippen LogP contribution in [-0.4, -0.2) is 56.3 Å². The van der Waals surface area contributed by atoms with Gasteiger partial charge >= 0.3 is 5.97 Å². The Balaban J connectivity index is 1.91. The molecule has 12 heteroatoms. The predicted octanol–water partition coefficient (Wildman–Crippen LogP) is 1.56. The maximum Gasteiger partial charge on any atom is 0.341 e. The Morgan fingerprint density at radius 1 is 1.33 bits per heavy atom. The van der Waals surface area contributed by atoms with Crippen molar-refractivity contribution in [1.29, 1.82) is 0 Å². The van der Waals surface area contributed by atoms with E-state index in [4.69, 9.17) is 16.3 Å². The quantitative estimate of drug-likeness (QED) is 0.646. The molecule has 1 N–H and O–H groups in total.